The van der Waals surface area contributed by atoms with Gasteiger partial charge >= 0.3 is 5.97 Å². The molecule has 0 saturated carbocycles. The summed E-state index contributed by atoms with van der Waals surface area (Å²) in [6.07, 6.45) is 0. The zero-order valence-electron chi connectivity index (χ0n) is 12.6. The van der Waals surface area contributed by atoms with Gasteiger partial charge < -0.3 is 19.5 Å². The number of hydrogen-bond donors (Lipinski definition) is 1. The predicted molar refractivity (Wildman–Crippen MR) is 88.8 cm³/mol. The highest BCUT2D eigenvalue weighted by atomic mass is 79.9. The van der Waals surface area contributed by atoms with Crippen LogP contribution in [0.1, 0.15) is 15.9 Å². The fraction of sp³-hybridized carbons (Fsp3) is 0.176. The largest absolute Gasteiger partial charge is 0.454 e. The molecule has 1 aliphatic rings. The van der Waals surface area contributed by atoms with Gasteiger partial charge in [-0.15, -0.1) is 0 Å². The maximum atomic E-state index is 11.9. The van der Waals surface area contributed by atoms with Gasteiger partial charge in [0.05, 0.1) is 5.56 Å². The molecular weight excluding hydrogens is 378 g/mol. The predicted octanol–water partition coefficient (Wildman–Crippen LogP) is 2.65. The highest BCUT2D eigenvalue weighted by Crippen LogP contribution is 2.32. The van der Waals surface area contributed by atoms with Crippen molar-refractivity contribution < 1.29 is 23.8 Å². The van der Waals surface area contributed by atoms with Crippen molar-refractivity contribution in [3.8, 4) is 11.5 Å². The summed E-state index contributed by atoms with van der Waals surface area (Å²) in [6, 6.07) is 12.2. The lowest BCUT2D eigenvalue weighted by Gasteiger charge is -2.07. The third-order valence-electron chi connectivity index (χ3n) is 3.32. The average Bonchev–Trinajstić information content (AvgIpc) is 3.05. The van der Waals surface area contributed by atoms with E-state index < -0.39 is 5.97 Å². The zero-order chi connectivity index (χ0) is 16.9. The van der Waals surface area contributed by atoms with Crippen molar-refractivity contribution in [1.82, 2.24) is 5.32 Å². The molecule has 0 unspecified atom stereocenters. The summed E-state index contributed by atoms with van der Waals surface area (Å²) in [5, 5.41) is 2.69. The molecule has 0 aromatic heterocycles. The first-order valence-electron chi connectivity index (χ1n) is 7.20. The molecule has 24 heavy (non-hydrogen) atoms. The van der Waals surface area contributed by atoms with Gasteiger partial charge in [0.15, 0.2) is 18.1 Å². The standard InChI is InChI=1S/C17H14BrNO5/c18-13-3-1-2-12(7-13)17(21)22-9-16(20)19-8-11-4-5-14-15(6-11)24-10-23-14/h1-7H,8-10H2,(H,19,20). The van der Waals surface area contributed by atoms with E-state index in [9.17, 15) is 9.59 Å². The molecule has 0 spiro atoms. The van der Waals surface area contributed by atoms with Gasteiger partial charge in [-0.2, -0.15) is 0 Å². The second-order valence-corrected chi connectivity index (χ2v) is 5.97. The fourth-order valence-electron chi connectivity index (χ4n) is 2.13. The van der Waals surface area contributed by atoms with E-state index in [1.54, 1.807) is 36.4 Å². The van der Waals surface area contributed by atoms with E-state index in [1.807, 2.05) is 6.07 Å². The Labute approximate surface area is 146 Å². The minimum atomic E-state index is -0.547. The lowest BCUT2D eigenvalue weighted by Crippen LogP contribution is -2.28. The molecule has 7 heteroatoms. The average molecular weight is 392 g/mol. The van der Waals surface area contributed by atoms with Gasteiger partial charge in [0.25, 0.3) is 5.91 Å². The summed E-state index contributed by atoms with van der Waals surface area (Å²) in [4.78, 5) is 23.6. The minimum absolute atomic E-state index is 0.205. The summed E-state index contributed by atoms with van der Waals surface area (Å²) in [5.41, 5.74) is 1.25. The van der Waals surface area contributed by atoms with E-state index in [2.05, 4.69) is 21.2 Å². The smallest absolute Gasteiger partial charge is 0.338 e. The molecule has 124 valence electrons. The second-order valence-electron chi connectivity index (χ2n) is 5.05. The van der Waals surface area contributed by atoms with Crippen LogP contribution in [0.5, 0.6) is 11.5 Å². The van der Waals surface area contributed by atoms with Crippen molar-refractivity contribution in [3.05, 3.63) is 58.1 Å². The number of carbonyl (C=O) groups excluding carboxylic acids is 2. The Kier molecular flexibility index (Phi) is 5.00. The Balaban J connectivity index is 1.47. The molecule has 0 fully saturated rings. The highest BCUT2D eigenvalue weighted by Gasteiger charge is 2.14. The van der Waals surface area contributed by atoms with Crippen LogP contribution < -0.4 is 14.8 Å². The first-order valence-corrected chi connectivity index (χ1v) is 7.99. The SMILES string of the molecule is O=C(COC(=O)c1cccc(Br)c1)NCc1ccc2c(c1)OCO2. The maximum Gasteiger partial charge on any atom is 0.338 e. The molecule has 1 heterocycles. The summed E-state index contributed by atoms with van der Waals surface area (Å²) in [6.45, 7) is 0.177. The van der Waals surface area contributed by atoms with Crippen molar-refractivity contribution in [1.29, 1.82) is 0 Å². The number of rotatable bonds is 5. The summed E-state index contributed by atoms with van der Waals surface area (Å²) in [7, 11) is 0. The van der Waals surface area contributed by atoms with E-state index >= 15 is 0 Å². The zero-order valence-corrected chi connectivity index (χ0v) is 14.2. The van der Waals surface area contributed by atoms with Crippen molar-refractivity contribution in [2.24, 2.45) is 0 Å². The van der Waals surface area contributed by atoms with Crippen LogP contribution in [0.25, 0.3) is 0 Å². The number of carbonyl (C=O) groups is 2. The number of nitrogens with one attached hydrogen (secondary N) is 1. The third kappa shape index (κ3) is 4.05. The Morgan fingerprint density at radius 3 is 2.79 bits per heavy atom. The van der Waals surface area contributed by atoms with Gasteiger partial charge in [-0.05, 0) is 35.9 Å². The lowest BCUT2D eigenvalue weighted by atomic mass is 10.2. The van der Waals surface area contributed by atoms with Crippen molar-refractivity contribution in [2.45, 2.75) is 6.54 Å². The van der Waals surface area contributed by atoms with Crippen molar-refractivity contribution in [2.75, 3.05) is 13.4 Å². The minimum Gasteiger partial charge on any atom is -0.454 e. The van der Waals surface area contributed by atoms with Gasteiger partial charge in [0.1, 0.15) is 0 Å². The van der Waals surface area contributed by atoms with E-state index in [0.717, 1.165) is 10.0 Å². The van der Waals surface area contributed by atoms with Crippen LogP contribution >= 0.6 is 15.9 Å². The van der Waals surface area contributed by atoms with E-state index in [-0.39, 0.29) is 19.3 Å². The number of esters is 1. The summed E-state index contributed by atoms with van der Waals surface area (Å²) < 4.78 is 16.3. The Bertz CT molecular complexity index is 777. The lowest BCUT2D eigenvalue weighted by molar-refractivity contribution is -0.124. The van der Waals surface area contributed by atoms with Crippen LogP contribution in [0.4, 0.5) is 0 Å². The Morgan fingerprint density at radius 2 is 1.96 bits per heavy atom. The van der Waals surface area contributed by atoms with Crippen LogP contribution in [0.2, 0.25) is 0 Å². The molecule has 0 atom stereocenters. The van der Waals surface area contributed by atoms with Gasteiger partial charge in [0.2, 0.25) is 6.79 Å². The number of amides is 1. The summed E-state index contributed by atoms with van der Waals surface area (Å²) in [5.74, 6) is 0.418. The summed E-state index contributed by atoms with van der Waals surface area (Å²) >= 11 is 3.28. The number of benzene rings is 2. The second kappa shape index (κ2) is 7.35. The van der Waals surface area contributed by atoms with Crippen LogP contribution in [0, 0.1) is 0 Å². The van der Waals surface area contributed by atoms with Crippen molar-refractivity contribution >= 4 is 27.8 Å². The highest BCUT2D eigenvalue weighted by molar-refractivity contribution is 9.10. The van der Waals surface area contributed by atoms with Crippen LogP contribution in [-0.2, 0) is 16.1 Å². The first-order chi connectivity index (χ1) is 11.6. The van der Waals surface area contributed by atoms with E-state index in [4.69, 9.17) is 14.2 Å². The molecule has 2 aromatic rings. The topological polar surface area (TPSA) is 73.9 Å². The molecule has 2 aromatic carbocycles. The molecule has 0 saturated heterocycles. The first kappa shape index (κ1) is 16.3. The maximum absolute atomic E-state index is 11.9. The monoisotopic (exact) mass is 391 g/mol. The Morgan fingerprint density at radius 1 is 1.12 bits per heavy atom. The number of ether oxygens (including phenoxy) is 3. The molecule has 6 nitrogen and oxygen atoms in total. The van der Waals surface area contributed by atoms with Gasteiger partial charge in [-0.25, -0.2) is 4.79 Å². The molecule has 3 rings (SSSR count). The van der Waals surface area contributed by atoms with E-state index in [0.29, 0.717) is 23.6 Å². The fourth-order valence-corrected chi connectivity index (χ4v) is 2.53. The molecule has 1 aliphatic heterocycles. The molecule has 0 aliphatic carbocycles. The van der Waals surface area contributed by atoms with Crippen LogP contribution in [0.15, 0.2) is 46.9 Å². The molecule has 0 radical (unpaired) electrons. The quantitative estimate of drug-likeness (QED) is 0.793. The van der Waals surface area contributed by atoms with Gasteiger partial charge in [-0.3, -0.25) is 4.79 Å². The molecule has 1 N–H and O–H groups in total. The third-order valence-corrected chi connectivity index (χ3v) is 3.81. The Hall–Kier alpha value is -2.54. The number of hydrogen-bond acceptors (Lipinski definition) is 5. The van der Waals surface area contributed by atoms with Gasteiger partial charge in [0, 0.05) is 11.0 Å². The molecular formula is C17H14BrNO5. The van der Waals surface area contributed by atoms with E-state index in [1.165, 1.54) is 0 Å². The van der Waals surface area contributed by atoms with Crippen molar-refractivity contribution in [3.63, 3.8) is 0 Å². The molecule has 0 bridgehead atoms. The number of halogens is 1. The van der Waals surface area contributed by atoms with Crippen LogP contribution in [0.3, 0.4) is 0 Å². The molecule has 1 amide bonds. The van der Waals surface area contributed by atoms with Crippen LogP contribution in [-0.4, -0.2) is 25.3 Å². The number of fused-ring (bicyclic) bond motifs is 1. The van der Waals surface area contributed by atoms with Gasteiger partial charge in [-0.1, -0.05) is 28.1 Å². The normalized spacial score (nSPS) is 11.9.